The van der Waals surface area contributed by atoms with Crippen molar-refractivity contribution in [3.05, 3.63) is 71.7 Å². The molecule has 41 heavy (non-hydrogen) atoms. The average Bonchev–Trinajstić information content (AvgIpc) is 2.98. The third-order valence-corrected chi connectivity index (χ3v) is 7.27. The first-order valence-corrected chi connectivity index (χ1v) is 13.8. The molecule has 0 bridgehead atoms. The van der Waals surface area contributed by atoms with E-state index in [1.165, 1.54) is 12.3 Å². The molecule has 1 aliphatic rings. The number of aliphatic hydroxyl groups excluding tert-OH is 1. The molecule has 3 aromatic heterocycles. The quantitative estimate of drug-likeness (QED) is 0.241. The van der Waals surface area contributed by atoms with Crippen LogP contribution in [-0.4, -0.2) is 55.7 Å². The number of hydrogen-bond acceptors (Lipinski definition) is 8. The minimum atomic E-state index is -0.865. The number of carbonyl (C=O) groups excluding carboxylic acids is 1. The Morgan fingerprint density at radius 3 is 2.63 bits per heavy atom. The van der Waals surface area contributed by atoms with Crippen molar-refractivity contribution in [3.63, 3.8) is 0 Å². The van der Waals surface area contributed by atoms with E-state index in [-0.39, 0.29) is 34.7 Å². The summed E-state index contributed by atoms with van der Waals surface area (Å²) in [6, 6.07) is 8.08. The van der Waals surface area contributed by atoms with Gasteiger partial charge in [-0.3, -0.25) is 4.98 Å². The van der Waals surface area contributed by atoms with Crippen LogP contribution in [0.5, 0.6) is 0 Å². The SMILES string of the molecule is CCCCOC(=O)N1CCC(c2ccc(Nc3ncc(F)c(-c4cc(F)c5nccc(C(C)O)c5c4)n3)nc2)CC1. The molecule has 1 aromatic carbocycles. The number of ether oxygens (including phenoxy) is 1. The summed E-state index contributed by atoms with van der Waals surface area (Å²) in [6.45, 7) is 5.34. The zero-order valence-electron chi connectivity index (χ0n) is 23.0. The Kier molecular flexibility index (Phi) is 8.63. The summed E-state index contributed by atoms with van der Waals surface area (Å²) in [4.78, 5) is 30.8. The van der Waals surface area contributed by atoms with Crippen LogP contribution < -0.4 is 5.32 Å². The third-order valence-electron chi connectivity index (χ3n) is 7.27. The van der Waals surface area contributed by atoms with Crippen LogP contribution in [0.25, 0.3) is 22.2 Å². The Balaban J connectivity index is 1.28. The molecule has 9 nitrogen and oxygen atoms in total. The van der Waals surface area contributed by atoms with Crippen molar-refractivity contribution < 1.29 is 23.4 Å². The van der Waals surface area contributed by atoms with Gasteiger partial charge in [0, 0.05) is 36.4 Å². The van der Waals surface area contributed by atoms with Gasteiger partial charge in [-0.1, -0.05) is 19.4 Å². The van der Waals surface area contributed by atoms with Gasteiger partial charge in [0.25, 0.3) is 0 Å². The molecule has 1 amide bonds. The van der Waals surface area contributed by atoms with E-state index in [1.807, 2.05) is 6.07 Å². The van der Waals surface area contributed by atoms with Crippen LogP contribution in [0.4, 0.5) is 25.3 Å². The van der Waals surface area contributed by atoms with Crippen LogP contribution in [0.15, 0.2) is 48.9 Å². The van der Waals surface area contributed by atoms with E-state index < -0.39 is 17.7 Å². The molecule has 1 atom stereocenters. The number of benzene rings is 1. The number of rotatable bonds is 8. The molecule has 2 N–H and O–H groups in total. The molecule has 4 aromatic rings. The van der Waals surface area contributed by atoms with Crippen molar-refractivity contribution in [2.45, 2.75) is 51.6 Å². The monoisotopic (exact) mass is 562 g/mol. The standard InChI is InChI=1S/C30H32F2N6O3/c1-3-4-13-41-30(40)38-11-8-19(9-12-38)20-5-6-26(34-16-20)36-29-35-17-25(32)27(37-29)21-14-23-22(18(2)39)7-10-33-28(23)24(31)15-21/h5-7,10,14-19,39H,3-4,8-9,11-13H2,1-2H3,(H,34,35,36,37). The van der Waals surface area contributed by atoms with Crippen LogP contribution in [0.1, 0.15) is 62.7 Å². The highest BCUT2D eigenvalue weighted by Crippen LogP contribution is 2.32. The van der Waals surface area contributed by atoms with E-state index in [9.17, 15) is 18.7 Å². The summed E-state index contributed by atoms with van der Waals surface area (Å²) in [5.74, 6) is -0.536. The van der Waals surface area contributed by atoms with Crippen LogP contribution in [0.3, 0.4) is 0 Å². The smallest absolute Gasteiger partial charge is 0.409 e. The lowest BCUT2D eigenvalue weighted by Gasteiger charge is -2.31. The number of fused-ring (bicyclic) bond motifs is 1. The predicted molar refractivity (Wildman–Crippen MR) is 151 cm³/mol. The number of likely N-dealkylation sites (tertiary alicyclic amines) is 1. The molecule has 214 valence electrons. The van der Waals surface area contributed by atoms with Gasteiger partial charge in [0.05, 0.1) is 18.9 Å². The minimum Gasteiger partial charge on any atom is -0.449 e. The molecule has 0 radical (unpaired) electrons. The number of nitrogens with one attached hydrogen (secondary N) is 1. The van der Waals surface area contributed by atoms with Crippen LogP contribution in [-0.2, 0) is 4.74 Å². The topological polar surface area (TPSA) is 113 Å². The van der Waals surface area contributed by atoms with E-state index in [2.05, 4.69) is 32.2 Å². The molecule has 5 rings (SSSR count). The summed E-state index contributed by atoms with van der Waals surface area (Å²) in [5, 5.41) is 13.5. The van der Waals surface area contributed by atoms with E-state index in [0.717, 1.165) is 37.4 Å². The number of nitrogens with zero attached hydrogens (tertiary/aromatic N) is 5. The minimum absolute atomic E-state index is 0.0850. The fourth-order valence-corrected chi connectivity index (χ4v) is 4.99. The molecule has 11 heteroatoms. The molecule has 1 saturated heterocycles. The summed E-state index contributed by atoms with van der Waals surface area (Å²) >= 11 is 0. The van der Waals surface area contributed by atoms with Gasteiger partial charge in [-0.05, 0) is 67.5 Å². The van der Waals surface area contributed by atoms with Gasteiger partial charge < -0.3 is 20.1 Å². The van der Waals surface area contributed by atoms with Gasteiger partial charge in [-0.15, -0.1) is 0 Å². The van der Waals surface area contributed by atoms with Gasteiger partial charge >= 0.3 is 6.09 Å². The summed E-state index contributed by atoms with van der Waals surface area (Å²) < 4.78 is 35.0. The number of piperidine rings is 1. The average molecular weight is 563 g/mol. The normalized spacial score (nSPS) is 14.7. The highest BCUT2D eigenvalue weighted by Gasteiger charge is 2.25. The molecular weight excluding hydrogens is 530 g/mol. The number of carbonyl (C=O) groups is 1. The molecule has 1 unspecified atom stereocenters. The van der Waals surface area contributed by atoms with Gasteiger partial charge in [0.2, 0.25) is 5.95 Å². The molecule has 0 aliphatic carbocycles. The lowest BCUT2D eigenvalue weighted by Crippen LogP contribution is -2.38. The maximum absolute atomic E-state index is 14.9. The first kappa shape index (κ1) is 28.3. The number of aromatic nitrogens is 4. The first-order chi connectivity index (χ1) is 19.8. The van der Waals surface area contributed by atoms with Crippen molar-refractivity contribution in [1.82, 2.24) is 24.8 Å². The maximum Gasteiger partial charge on any atom is 0.409 e. The van der Waals surface area contributed by atoms with Crippen LogP contribution >= 0.6 is 0 Å². The van der Waals surface area contributed by atoms with Crippen LogP contribution in [0.2, 0.25) is 0 Å². The zero-order valence-corrected chi connectivity index (χ0v) is 23.0. The molecule has 1 fully saturated rings. The second kappa shape index (κ2) is 12.5. The Morgan fingerprint density at radius 2 is 1.93 bits per heavy atom. The summed E-state index contributed by atoms with van der Waals surface area (Å²) in [5.41, 5.74) is 1.72. The number of halogens is 2. The van der Waals surface area contributed by atoms with Crippen LogP contribution in [0, 0.1) is 11.6 Å². The third kappa shape index (κ3) is 6.40. The Hall–Kier alpha value is -4.25. The van der Waals surface area contributed by atoms with Gasteiger partial charge in [0.15, 0.2) is 5.82 Å². The van der Waals surface area contributed by atoms with E-state index in [1.54, 1.807) is 36.2 Å². The Labute approximate surface area is 236 Å². The molecular formula is C30H32F2N6O3. The van der Waals surface area contributed by atoms with Crippen molar-refractivity contribution >= 4 is 28.8 Å². The highest BCUT2D eigenvalue weighted by atomic mass is 19.1. The van der Waals surface area contributed by atoms with Crippen molar-refractivity contribution in [1.29, 1.82) is 0 Å². The number of hydrogen-bond donors (Lipinski definition) is 2. The van der Waals surface area contributed by atoms with Crippen molar-refractivity contribution in [3.8, 4) is 11.3 Å². The first-order valence-electron chi connectivity index (χ1n) is 13.8. The summed E-state index contributed by atoms with van der Waals surface area (Å²) in [7, 11) is 0. The van der Waals surface area contributed by atoms with E-state index >= 15 is 0 Å². The van der Waals surface area contributed by atoms with Crippen molar-refractivity contribution in [2.75, 3.05) is 25.0 Å². The fraction of sp³-hybridized carbons (Fsp3) is 0.367. The number of pyridine rings is 2. The van der Waals surface area contributed by atoms with Gasteiger partial charge in [0.1, 0.15) is 22.8 Å². The molecule has 4 heterocycles. The Bertz CT molecular complexity index is 1530. The van der Waals surface area contributed by atoms with Gasteiger partial charge in [-0.25, -0.2) is 28.5 Å². The molecule has 0 spiro atoms. The zero-order chi connectivity index (χ0) is 28.9. The van der Waals surface area contributed by atoms with E-state index in [4.69, 9.17) is 4.74 Å². The lowest BCUT2D eigenvalue weighted by molar-refractivity contribution is 0.0916. The highest BCUT2D eigenvalue weighted by molar-refractivity contribution is 5.87. The largest absolute Gasteiger partial charge is 0.449 e. The second-order valence-electron chi connectivity index (χ2n) is 10.2. The fourth-order valence-electron chi connectivity index (χ4n) is 4.99. The number of unbranched alkanes of at least 4 members (excludes halogenated alkanes) is 1. The molecule has 1 aliphatic heterocycles. The lowest BCUT2D eigenvalue weighted by atomic mass is 9.91. The van der Waals surface area contributed by atoms with Gasteiger partial charge in [-0.2, -0.15) is 0 Å². The maximum atomic E-state index is 14.9. The molecule has 0 saturated carbocycles. The van der Waals surface area contributed by atoms with E-state index in [0.29, 0.717) is 36.5 Å². The summed E-state index contributed by atoms with van der Waals surface area (Å²) in [6.07, 6.45) is 6.58. The second-order valence-corrected chi connectivity index (χ2v) is 10.2. The number of amides is 1. The number of aliphatic hydroxyl groups is 1. The number of anilines is 2. The van der Waals surface area contributed by atoms with Crippen molar-refractivity contribution in [2.24, 2.45) is 0 Å². The predicted octanol–water partition coefficient (Wildman–Crippen LogP) is 6.28. The Morgan fingerprint density at radius 1 is 1.12 bits per heavy atom.